The number of anilines is 3. The molecule has 1 heterocycles. The number of amides is 2. The topological polar surface area (TPSA) is 61.9 Å². The van der Waals surface area contributed by atoms with E-state index in [0.29, 0.717) is 13.2 Å². The molecule has 148 valence electrons. The summed E-state index contributed by atoms with van der Waals surface area (Å²) in [6.45, 7) is 8.31. The Morgan fingerprint density at radius 3 is 2.46 bits per heavy atom. The van der Waals surface area contributed by atoms with Gasteiger partial charge in [-0.3, -0.25) is 9.59 Å². The second-order valence-electron chi connectivity index (χ2n) is 7.04. The quantitative estimate of drug-likeness (QED) is 0.864. The number of nitrogens with zero attached hydrogens (tertiary/aromatic N) is 2. The van der Waals surface area contributed by atoms with Crippen LogP contribution in [0.25, 0.3) is 0 Å². The molecule has 0 atom stereocenters. The van der Waals surface area contributed by atoms with Crippen molar-refractivity contribution in [3.8, 4) is 0 Å². The lowest BCUT2D eigenvalue weighted by molar-refractivity contribution is -0.120. The standard InChI is InChI=1S/C22H27N3O3/c1-16-8-9-19(14-17(16)2)23-22(27)15-25(18(3)26)21-7-5-4-6-20(21)24-10-12-28-13-11-24/h4-9,14H,10-13,15H2,1-3H3,(H,23,27). The van der Waals surface area contributed by atoms with E-state index in [1.54, 1.807) is 0 Å². The van der Waals surface area contributed by atoms with Crippen LogP contribution in [0, 0.1) is 13.8 Å². The summed E-state index contributed by atoms with van der Waals surface area (Å²) in [4.78, 5) is 28.7. The molecule has 2 aromatic carbocycles. The van der Waals surface area contributed by atoms with Gasteiger partial charge < -0.3 is 19.9 Å². The fourth-order valence-corrected chi connectivity index (χ4v) is 3.29. The normalized spacial score (nSPS) is 13.9. The molecule has 0 saturated carbocycles. The first-order chi connectivity index (χ1) is 13.5. The summed E-state index contributed by atoms with van der Waals surface area (Å²) in [6, 6.07) is 13.5. The number of morpholine rings is 1. The van der Waals surface area contributed by atoms with Gasteiger partial charge in [0, 0.05) is 25.7 Å². The number of ether oxygens (including phenoxy) is 1. The third kappa shape index (κ3) is 4.70. The van der Waals surface area contributed by atoms with Crippen LogP contribution in [0.1, 0.15) is 18.1 Å². The highest BCUT2D eigenvalue weighted by atomic mass is 16.5. The SMILES string of the molecule is CC(=O)N(CC(=O)Nc1ccc(C)c(C)c1)c1ccccc1N1CCOCC1. The molecule has 0 unspecified atom stereocenters. The molecule has 1 aliphatic rings. The average molecular weight is 381 g/mol. The van der Waals surface area contributed by atoms with Gasteiger partial charge in [0.2, 0.25) is 11.8 Å². The van der Waals surface area contributed by atoms with Gasteiger partial charge >= 0.3 is 0 Å². The molecule has 1 saturated heterocycles. The fraction of sp³-hybridized carbons (Fsp3) is 0.364. The van der Waals surface area contributed by atoms with Crippen molar-refractivity contribution in [2.45, 2.75) is 20.8 Å². The first-order valence-electron chi connectivity index (χ1n) is 9.52. The maximum atomic E-state index is 12.6. The van der Waals surface area contributed by atoms with Gasteiger partial charge in [-0.25, -0.2) is 0 Å². The lowest BCUT2D eigenvalue weighted by Crippen LogP contribution is -2.40. The summed E-state index contributed by atoms with van der Waals surface area (Å²) < 4.78 is 5.43. The Morgan fingerprint density at radius 2 is 1.79 bits per heavy atom. The Labute approximate surface area is 166 Å². The Morgan fingerprint density at radius 1 is 1.07 bits per heavy atom. The van der Waals surface area contributed by atoms with E-state index in [0.717, 1.165) is 35.7 Å². The van der Waals surface area contributed by atoms with Crippen LogP contribution >= 0.6 is 0 Å². The molecule has 6 heteroatoms. The van der Waals surface area contributed by atoms with E-state index in [1.807, 2.05) is 56.3 Å². The molecule has 0 spiro atoms. The van der Waals surface area contributed by atoms with E-state index in [-0.39, 0.29) is 18.4 Å². The number of benzene rings is 2. The molecular weight excluding hydrogens is 354 g/mol. The minimum absolute atomic E-state index is 0.0381. The Balaban J connectivity index is 1.79. The minimum atomic E-state index is -0.227. The third-order valence-corrected chi connectivity index (χ3v) is 5.00. The highest BCUT2D eigenvalue weighted by molar-refractivity contribution is 6.03. The van der Waals surface area contributed by atoms with Crippen LogP contribution in [0.4, 0.5) is 17.1 Å². The van der Waals surface area contributed by atoms with Crippen LogP contribution in [0.5, 0.6) is 0 Å². The predicted octanol–water partition coefficient (Wildman–Crippen LogP) is 3.13. The number of carbonyl (C=O) groups excluding carboxylic acids is 2. The second kappa shape index (κ2) is 8.89. The molecule has 28 heavy (non-hydrogen) atoms. The summed E-state index contributed by atoms with van der Waals surface area (Å²) in [5.41, 5.74) is 4.70. The zero-order valence-corrected chi connectivity index (χ0v) is 16.7. The summed E-state index contributed by atoms with van der Waals surface area (Å²) in [7, 11) is 0. The van der Waals surface area contributed by atoms with Crippen molar-refractivity contribution >= 4 is 28.9 Å². The van der Waals surface area contributed by atoms with Crippen molar-refractivity contribution in [2.75, 3.05) is 48.0 Å². The fourth-order valence-electron chi connectivity index (χ4n) is 3.29. The van der Waals surface area contributed by atoms with E-state index >= 15 is 0 Å². The number of rotatable bonds is 5. The molecule has 0 aliphatic carbocycles. The van der Waals surface area contributed by atoms with Crippen LogP contribution in [0.3, 0.4) is 0 Å². The maximum absolute atomic E-state index is 12.6. The van der Waals surface area contributed by atoms with Crippen molar-refractivity contribution in [2.24, 2.45) is 0 Å². The van der Waals surface area contributed by atoms with Crippen LogP contribution in [-0.4, -0.2) is 44.7 Å². The summed E-state index contributed by atoms with van der Waals surface area (Å²) in [5.74, 6) is -0.397. The molecule has 0 aromatic heterocycles. The van der Waals surface area contributed by atoms with Gasteiger partial charge in [0.05, 0.1) is 24.6 Å². The molecule has 1 fully saturated rings. The molecule has 0 bridgehead atoms. The van der Waals surface area contributed by atoms with E-state index in [2.05, 4.69) is 10.2 Å². The van der Waals surface area contributed by atoms with E-state index < -0.39 is 0 Å². The molecule has 1 aliphatic heterocycles. The number of hydrogen-bond donors (Lipinski definition) is 1. The largest absolute Gasteiger partial charge is 0.378 e. The van der Waals surface area contributed by atoms with E-state index in [9.17, 15) is 9.59 Å². The average Bonchev–Trinajstić information content (AvgIpc) is 2.69. The monoisotopic (exact) mass is 381 g/mol. The second-order valence-corrected chi connectivity index (χ2v) is 7.04. The van der Waals surface area contributed by atoms with Gasteiger partial charge in [-0.05, 0) is 49.2 Å². The van der Waals surface area contributed by atoms with Crippen LogP contribution < -0.4 is 15.1 Å². The first-order valence-corrected chi connectivity index (χ1v) is 9.52. The first kappa shape index (κ1) is 19.9. The smallest absolute Gasteiger partial charge is 0.244 e. The van der Waals surface area contributed by atoms with E-state index in [4.69, 9.17) is 4.74 Å². The molecular formula is C22H27N3O3. The Kier molecular flexibility index (Phi) is 6.31. The summed E-state index contributed by atoms with van der Waals surface area (Å²) >= 11 is 0. The number of hydrogen-bond acceptors (Lipinski definition) is 4. The molecule has 2 amide bonds. The van der Waals surface area contributed by atoms with E-state index in [1.165, 1.54) is 17.4 Å². The lowest BCUT2D eigenvalue weighted by Gasteiger charge is -2.33. The molecule has 6 nitrogen and oxygen atoms in total. The highest BCUT2D eigenvalue weighted by Gasteiger charge is 2.22. The Bertz CT molecular complexity index is 860. The number of aryl methyl sites for hydroxylation is 2. The minimum Gasteiger partial charge on any atom is -0.378 e. The summed E-state index contributed by atoms with van der Waals surface area (Å²) in [6.07, 6.45) is 0. The van der Waals surface area contributed by atoms with Crippen molar-refractivity contribution in [1.82, 2.24) is 0 Å². The lowest BCUT2D eigenvalue weighted by atomic mass is 10.1. The van der Waals surface area contributed by atoms with Crippen molar-refractivity contribution in [3.05, 3.63) is 53.6 Å². The van der Waals surface area contributed by atoms with Gasteiger partial charge in [0.15, 0.2) is 0 Å². The van der Waals surface area contributed by atoms with Gasteiger partial charge in [0.1, 0.15) is 6.54 Å². The van der Waals surface area contributed by atoms with Crippen molar-refractivity contribution in [3.63, 3.8) is 0 Å². The number of nitrogens with one attached hydrogen (secondary N) is 1. The van der Waals surface area contributed by atoms with Gasteiger partial charge in [0.25, 0.3) is 0 Å². The van der Waals surface area contributed by atoms with Crippen LogP contribution in [0.2, 0.25) is 0 Å². The zero-order valence-electron chi connectivity index (χ0n) is 16.7. The molecule has 0 radical (unpaired) electrons. The molecule has 3 rings (SSSR count). The number of para-hydroxylation sites is 2. The van der Waals surface area contributed by atoms with Crippen molar-refractivity contribution < 1.29 is 14.3 Å². The van der Waals surface area contributed by atoms with Crippen LogP contribution in [0.15, 0.2) is 42.5 Å². The maximum Gasteiger partial charge on any atom is 0.244 e. The summed E-state index contributed by atoms with van der Waals surface area (Å²) in [5, 5.41) is 2.90. The van der Waals surface area contributed by atoms with Crippen molar-refractivity contribution in [1.29, 1.82) is 0 Å². The number of carbonyl (C=O) groups is 2. The molecule has 2 aromatic rings. The predicted molar refractivity (Wildman–Crippen MR) is 112 cm³/mol. The van der Waals surface area contributed by atoms with Gasteiger partial charge in [-0.15, -0.1) is 0 Å². The zero-order chi connectivity index (χ0) is 20.1. The van der Waals surface area contributed by atoms with Crippen LogP contribution in [-0.2, 0) is 14.3 Å². The third-order valence-electron chi connectivity index (χ3n) is 5.00. The van der Waals surface area contributed by atoms with Gasteiger partial charge in [-0.2, -0.15) is 0 Å². The highest BCUT2D eigenvalue weighted by Crippen LogP contribution is 2.30. The molecule has 1 N–H and O–H groups in total. The Hall–Kier alpha value is -2.86. The van der Waals surface area contributed by atoms with Gasteiger partial charge in [-0.1, -0.05) is 18.2 Å².